The number of amides is 4. The summed E-state index contributed by atoms with van der Waals surface area (Å²) in [7, 11) is 6.56. The lowest BCUT2D eigenvalue weighted by Crippen LogP contribution is -2.55. The first-order chi connectivity index (χ1) is 22.2. The van der Waals surface area contributed by atoms with Crippen molar-refractivity contribution in [2.75, 3.05) is 41.4 Å². The first kappa shape index (κ1) is 42.0. The van der Waals surface area contributed by atoms with Gasteiger partial charge >= 0.3 is 0 Å². The van der Waals surface area contributed by atoms with Crippen molar-refractivity contribution in [2.24, 2.45) is 17.8 Å². The second-order valence-electron chi connectivity index (χ2n) is 13.2. The number of likely N-dealkylation sites (N-methyl/N-ethyl adjacent to an activating group) is 2. The van der Waals surface area contributed by atoms with E-state index < -0.39 is 30.2 Å². The molecule has 1 aliphatic heterocycles. The van der Waals surface area contributed by atoms with Gasteiger partial charge < -0.3 is 35.2 Å². The highest BCUT2D eigenvalue weighted by molar-refractivity contribution is 5.87. The number of hydrogen-bond donors (Lipinski definition) is 3. The van der Waals surface area contributed by atoms with Crippen LogP contribution in [-0.2, 0) is 28.7 Å². The summed E-state index contributed by atoms with van der Waals surface area (Å²) in [5.41, 5.74) is 0.977. The molecule has 1 rings (SSSR count). The monoisotopic (exact) mass is 661 g/mol. The van der Waals surface area contributed by atoms with Crippen molar-refractivity contribution in [3.05, 3.63) is 37.0 Å². The lowest BCUT2D eigenvalue weighted by atomic mass is 9.90. The fourth-order valence-corrected chi connectivity index (χ4v) is 6.64. The zero-order valence-corrected chi connectivity index (χ0v) is 30.6. The maximum Gasteiger partial charge on any atom is 0.242 e. The van der Waals surface area contributed by atoms with Crippen molar-refractivity contribution in [3.63, 3.8) is 0 Å². The summed E-state index contributed by atoms with van der Waals surface area (Å²) >= 11 is 0. The molecule has 0 aromatic heterocycles. The Hall–Kier alpha value is -3.02. The highest BCUT2D eigenvalue weighted by Crippen LogP contribution is 2.29. The second-order valence-corrected chi connectivity index (χ2v) is 13.2. The first-order valence-corrected chi connectivity index (χ1v) is 17.0. The van der Waals surface area contributed by atoms with Crippen LogP contribution in [0.15, 0.2) is 37.0 Å². The second kappa shape index (κ2) is 21.1. The topological polar surface area (TPSA) is 129 Å². The average Bonchev–Trinajstić information content (AvgIpc) is 3.52. The lowest BCUT2D eigenvalue weighted by molar-refractivity contribution is -0.145. The van der Waals surface area contributed by atoms with E-state index in [1.165, 1.54) is 0 Å². The van der Waals surface area contributed by atoms with Gasteiger partial charge in [0.2, 0.25) is 23.6 Å². The minimum Gasteiger partial charge on any atom is -0.379 e. The Morgan fingerprint density at radius 1 is 1.02 bits per heavy atom. The molecule has 268 valence electrons. The molecule has 0 bridgehead atoms. The van der Waals surface area contributed by atoms with Gasteiger partial charge in [0, 0.05) is 33.9 Å². The Labute approximate surface area is 283 Å². The normalized spacial score (nSPS) is 19.6. The van der Waals surface area contributed by atoms with Gasteiger partial charge in [-0.05, 0) is 50.6 Å². The van der Waals surface area contributed by atoms with Crippen LogP contribution >= 0.6 is 0 Å². The van der Waals surface area contributed by atoms with E-state index >= 15 is 0 Å². The molecule has 3 N–H and O–H groups in total. The molecule has 11 heteroatoms. The van der Waals surface area contributed by atoms with E-state index in [2.05, 4.69) is 29.1 Å². The number of methoxy groups -OCH3 is 2. The molecule has 4 amide bonds. The molecule has 1 aliphatic rings. The maximum absolute atomic E-state index is 13.9. The van der Waals surface area contributed by atoms with Gasteiger partial charge in [-0.25, -0.2) is 0 Å². The van der Waals surface area contributed by atoms with Gasteiger partial charge in [-0.1, -0.05) is 72.4 Å². The largest absolute Gasteiger partial charge is 0.379 e. The van der Waals surface area contributed by atoms with E-state index in [1.54, 1.807) is 45.4 Å². The SMILES string of the molecule is C=C/C=C(\C=C)CC(C)NC(=O)C(C)C(OC)C1CCCN1C(=O)CC(OC)C(C(C)CC)N(C)C(=O)CNC(=O)C(NC)C(C)C. The molecule has 8 unspecified atom stereocenters. The number of allylic oxidation sites excluding steroid dienone is 3. The number of nitrogens with zero attached hydrogens (tertiary/aromatic N) is 2. The van der Waals surface area contributed by atoms with E-state index in [-0.39, 0.29) is 60.5 Å². The highest BCUT2D eigenvalue weighted by atomic mass is 16.5. The Morgan fingerprint density at radius 3 is 2.19 bits per heavy atom. The van der Waals surface area contributed by atoms with Crippen LogP contribution in [0.2, 0.25) is 0 Å². The predicted octanol–water partition coefficient (Wildman–Crippen LogP) is 3.46. The van der Waals surface area contributed by atoms with Crippen LogP contribution in [0.25, 0.3) is 0 Å². The van der Waals surface area contributed by atoms with E-state index in [0.717, 1.165) is 18.4 Å². The summed E-state index contributed by atoms with van der Waals surface area (Å²) in [6.45, 7) is 19.7. The first-order valence-electron chi connectivity index (χ1n) is 17.0. The Kier molecular flexibility index (Phi) is 18.8. The number of hydrogen-bond acceptors (Lipinski definition) is 7. The third-order valence-electron chi connectivity index (χ3n) is 9.50. The molecule has 1 saturated heterocycles. The Morgan fingerprint density at radius 2 is 1.68 bits per heavy atom. The van der Waals surface area contributed by atoms with Crippen molar-refractivity contribution < 1.29 is 28.7 Å². The summed E-state index contributed by atoms with van der Waals surface area (Å²) < 4.78 is 11.8. The number of ether oxygens (including phenoxy) is 2. The summed E-state index contributed by atoms with van der Waals surface area (Å²) in [5.74, 6) is -1.16. The fourth-order valence-electron chi connectivity index (χ4n) is 6.64. The molecule has 0 radical (unpaired) electrons. The molecule has 0 aliphatic carbocycles. The maximum atomic E-state index is 13.9. The lowest BCUT2D eigenvalue weighted by Gasteiger charge is -2.39. The van der Waals surface area contributed by atoms with Crippen molar-refractivity contribution in [2.45, 2.75) is 110 Å². The number of carbonyl (C=O) groups is 4. The van der Waals surface area contributed by atoms with Crippen LogP contribution in [0, 0.1) is 17.8 Å². The van der Waals surface area contributed by atoms with Gasteiger partial charge in [0.25, 0.3) is 0 Å². The molecular weight excluding hydrogens is 598 g/mol. The van der Waals surface area contributed by atoms with Gasteiger partial charge in [0.15, 0.2) is 0 Å². The summed E-state index contributed by atoms with van der Waals surface area (Å²) in [6, 6.07) is -1.21. The van der Waals surface area contributed by atoms with Crippen molar-refractivity contribution >= 4 is 23.6 Å². The van der Waals surface area contributed by atoms with E-state index in [9.17, 15) is 19.2 Å². The summed E-state index contributed by atoms with van der Waals surface area (Å²) in [5, 5.41) is 8.83. The molecule has 11 nitrogen and oxygen atoms in total. The number of nitrogens with one attached hydrogen (secondary N) is 3. The third-order valence-corrected chi connectivity index (χ3v) is 9.50. The van der Waals surface area contributed by atoms with Crippen LogP contribution in [0.3, 0.4) is 0 Å². The molecule has 1 heterocycles. The van der Waals surface area contributed by atoms with Crippen LogP contribution in [0.4, 0.5) is 0 Å². The number of likely N-dealkylation sites (tertiary alicyclic amines) is 1. The molecule has 0 saturated carbocycles. The van der Waals surface area contributed by atoms with Crippen LogP contribution < -0.4 is 16.0 Å². The van der Waals surface area contributed by atoms with Crippen molar-refractivity contribution in [3.8, 4) is 0 Å². The molecular formula is C36H63N5O6. The summed E-state index contributed by atoms with van der Waals surface area (Å²) in [4.78, 5) is 56.6. The molecule has 1 fully saturated rings. The number of rotatable bonds is 21. The Balaban J connectivity index is 3.06. The standard InChI is InChI=1S/C36H63N5O6/c1-13-17-27(15-3)20-25(7)39-35(44)26(8)34(47-12)28-18-16-19-41(28)30(42)21-29(46-11)33(24(6)14-2)40(10)31(43)22-38-36(45)32(37-9)23(4)5/h13,15,17,23-26,28-29,32-34,37H,1,3,14,16,18-22H2,2,4-12H3,(H,38,45)(H,39,44)/b27-17+. The molecule has 0 aromatic carbocycles. The van der Waals surface area contributed by atoms with Crippen LogP contribution in [-0.4, -0.2) is 111 Å². The number of carbonyl (C=O) groups excluding carboxylic acids is 4. The molecule has 0 spiro atoms. The van der Waals surface area contributed by atoms with Crippen molar-refractivity contribution in [1.82, 2.24) is 25.8 Å². The molecule has 0 aromatic rings. The van der Waals surface area contributed by atoms with Gasteiger partial charge in [-0.2, -0.15) is 0 Å². The third kappa shape index (κ3) is 12.2. The van der Waals surface area contributed by atoms with E-state index in [0.29, 0.717) is 19.4 Å². The summed E-state index contributed by atoms with van der Waals surface area (Å²) in [6.07, 6.45) is 7.21. The minimum absolute atomic E-state index is 0.0212. The van der Waals surface area contributed by atoms with Crippen LogP contribution in [0.1, 0.15) is 73.6 Å². The predicted molar refractivity (Wildman–Crippen MR) is 188 cm³/mol. The highest BCUT2D eigenvalue weighted by Gasteiger charge is 2.42. The quantitative estimate of drug-likeness (QED) is 0.161. The van der Waals surface area contributed by atoms with Gasteiger partial charge in [-0.15, -0.1) is 0 Å². The smallest absolute Gasteiger partial charge is 0.242 e. The average molecular weight is 662 g/mol. The minimum atomic E-state index is -0.575. The van der Waals surface area contributed by atoms with Gasteiger partial charge in [0.1, 0.15) is 0 Å². The molecule has 8 atom stereocenters. The van der Waals surface area contributed by atoms with Crippen LogP contribution in [0.5, 0.6) is 0 Å². The zero-order chi connectivity index (χ0) is 35.8. The fraction of sp³-hybridized carbons (Fsp3) is 0.722. The van der Waals surface area contributed by atoms with Gasteiger partial charge in [0.05, 0.1) is 49.2 Å². The van der Waals surface area contributed by atoms with E-state index in [1.807, 2.05) is 52.5 Å². The Bertz CT molecular complexity index is 1080. The zero-order valence-electron chi connectivity index (χ0n) is 30.6. The van der Waals surface area contributed by atoms with Gasteiger partial charge in [-0.3, -0.25) is 19.2 Å². The molecule has 47 heavy (non-hydrogen) atoms. The van der Waals surface area contributed by atoms with E-state index in [4.69, 9.17) is 9.47 Å². The van der Waals surface area contributed by atoms with Crippen molar-refractivity contribution in [1.29, 1.82) is 0 Å².